The number of carbonyl (C=O) groups is 1. The molecular weight excluding hydrogens is 154 g/mol. The van der Waals surface area contributed by atoms with Crippen molar-refractivity contribution in [3.8, 4) is 0 Å². The van der Waals surface area contributed by atoms with Crippen LogP contribution >= 0.6 is 12.4 Å². The molecule has 1 aliphatic rings. The molecule has 2 atom stereocenters. The number of hydrogen-bond donors (Lipinski definition) is 2. The van der Waals surface area contributed by atoms with E-state index in [1.807, 2.05) is 6.92 Å². The van der Waals surface area contributed by atoms with Crippen molar-refractivity contribution in [1.29, 1.82) is 0 Å². The van der Waals surface area contributed by atoms with E-state index < -0.39 is 11.5 Å². The number of nitrogens with two attached hydrogens (primary N) is 1. The summed E-state index contributed by atoms with van der Waals surface area (Å²) in [7, 11) is 0. The van der Waals surface area contributed by atoms with E-state index in [4.69, 9.17) is 10.8 Å². The lowest BCUT2D eigenvalue weighted by Crippen LogP contribution is -2.34. The average Bonchev–Trinajstić information content (AvgIpc) is 2.44. The molecule has 10 heavy (non-hydrogen) atoms. The van der Waals surface area contributed by atoms with E-state index in [0.29, 0.717) is 6.42 Å². The largest absolute Gasteiger partial charge is 0.480 e. The molecule has 1 fully saturated rings. The normalized spacial score (nSPS) is 36.4. The SMILES string of the molecule is CC[C@H]1C[C@]1(N)C(=O)O.Cl. The summed E-state index contributed by atoms with van der Waals surface area (Å²) in [4.78, 5) is 10.3. The number of hydrogen-bond acceptors (Lipinski definition) is 2. The summed E-state index contributed by atoms with van der Waals surface area (Å²) >= 11 is 0. The van der Waals surface area contributed by atoms with Gasteiger partial charge in [-0.05, 0) is 12.3 Å². The van der Waals surface area contributed by atoms with Gasteiger partial charge in [-0.25, -0.2) is 0 Å². The fourth-order valence-corrected chi connectivity index (χ4v) is 1.12. The Morgan fingerprint density at radius 3 is 2.50 bits per heavy atom. The van der Waals surface area contributed by atoms with E-state index in [9.17, 15) is 4.79 Å². The molecule has 0 aromatic carbocycles. The van der Waals surface area contributed by atoms with Gasteiger partial charge in [0.15, 0.2) is 0 Å². The maximum absolute atomic E-state index is 10.3. The molecule has 0 spiro atoms. The van der Waals surface area contributed by atoms with Crippen LogP contribution in [0.3, 0.4) is 0 Å². The highest BCUT2D eigenvalue weighted by molar-refractivity contribution is 5.85. The van der Waals surface area contributed by atoms with Crippen LogP contribution in [0.15, 0.2) is 0 Å². The minimum Gasteiger partial charge on any atom is -0.480 e. The van der Waals surface area contributed by atoms with Gasteiger partial charge in [0.2, 0.25) is 0 Å². The van der Waals surface area contributed by atoms with E-state index in [-0.39, 0.29) is 18.3 Å². The Morgan fingerprint density at radius 1 is 1.90 bits per heavy atom. The third-order valence-corrected chi connectivity index (χ3v) is 2.04. The first-order valence-corrected chi connectivity index (χ1v) is 3.13. The summed E-state index contributed by atoms with van der Waals surface area (Å²) in [5.74, 6) is -0.635. The van der Waals surface area contributed by atoms with Crippen molar-refractivity contribution in [3.63, 3.8) is 0 Å². The Balaban J connectivity index is 0.000000810. The standard InChI is InChI=1S/C6H11NO2.ClH/c1-2-4-3-6(4,7)5(8)9;/h4H,2-3,7H2,1H3,(H,8,9);1H/t4-,6+;/m0./s1. The highest BCUT2D eigenvalue weighted by Gasteiger charge is 2.56. The molecule has 3 nitrogen and oxygen atoms in total. The van der Waals surface area contributed by atoms with Crippen LogP contribution in [-0.4, -0.2) is 16.6 Å². The smallest absolute Gasteiger partial charge is 0.323 e. The van der Waals surface area contributed by atoms with E-state index in [2.05, 4.69) is 0 Å². The fourth-order valence-electron chi connectivity index (χ4n) is 1.12. The van der Waals surface area contributed by atoms with E-state index >= 15 is 0 Å². The van der Waals surface area contributed by atoms with Crippen LogP contribution in [0.4, 0.5) is 0 Å². The molecule has 1 aliphatic carbocycles. The topological polar surface area (TPSA) is 63.3 Å². The summed E-state index contributed by atoms with van der Waals surface area (Å²) in [6.45, 7) is 1.96. The minimum absolute atomic E-state index is 0. The van der Waals surface area contributed by atoms with E-state index in [0.717, 1.165) is 6.42 Å². The Kier molecular flexibility index (Phi) is 2.68. The molecule has 0 aromatic heterocycles. The zero-order chi connectivity index (χ0) is 7.07. The summed E-state index contributed by atoms with van der Waals surface area (Å²) < 4.78 is 0. The highest BCUT2D eigenvalue weighted by atomic mass is 35.5. The maximum Gasteiger partial charge on any atom is 0.323 e. The number of carboxylic acid groups (broad SMARTS) is 1. The Morgan fingerprint density at radius 2 is 2.40 bits per heavy atom. The van der Waals surface area contributed by atoms with Gasteiger partial charge in [0, 0.05) is 0 Å². The lowest BCUT2D eigenvalue weighted by Gasteiger charge is -2.01. The molecular formula is C6H12ClNO2. The van der Waals surface area contributed by atoms with Gasteiger partial charge in [0.05, 0.1) is 0 Å². The lowest BCUT2D eigenvalue weighted by molar-refractivity contribution is -0.140. The number of halogens is 1. The molecule has 4 heteroatoms. The number of rotatable bonds is 2. The predicted octanol–water partition coefficient (Wildman–Crippen LogP) is 0.620. The van der Waals surface area contributed by atoms with Crippen molar-refractivity contribution in [3.05, 3.63) is 0 Å². The van der Waals surface area contributed by atoms with Gasteiger partial charge >= 0.3 is 5.97 Å². The molecule has 0 saturated heterocycles. The van der Waals surface area contributed by atoms with Crippen molar-refractivity contribution in [2.75, 3.05) is 0 Å². The van der Waals surface area contributed by atoms with Gasteiger partial charge in [0.25, 0.3) is 0 Å². The van der Waals surface area contributed by atoms with Gasteiger partial charge in [-0.3, -0.25) is 4.79 Å². The second kappa shape index (κ2) is 2.76. The van der Waals surface area contributed by atoms with Crippen molar-refractivity contribution in [2.45, 2.75) is 25.3 Å². The predicted molar refractivity (Wildman–Crippen MR) is 40.2 cm³/mol. The van der Waals surface area contributed by atoms with Crippen LogP contribution in [0.25, 0.3) is 0 Å². The molecule has 0 aliphatic heterocycles. The van der Waals surface area contributed by atoms with Crippen LogP contribution in [0.5, 0.6) is 0 Å². The first-order valence-electron chi connectivity index (χ1n) is 3.13. The van der Waals surface area contributed by atoms with Crippen LogP contribution in [-0.2, 0) is 4.79 Å². The van der Waals surface area contributed by atoms with Gasteiger partial charge in [0.1, 0.15) is 5.54 Å². The zero-order valence-electron chi connectivity index (χ0n) is 5.83. The summed E-state index contributed by atoms with van der Waals surface area (Å²) in [6.07, 6.45) is 1.53. The lowest BCUT2D eigenvalue weighted by atomic mass is 10.2. The average molecular weight is 166 g/mol. The van der Waals surface area contributed by atoms with Gasteiger partial charge < -0.3 is 10.8 Å². The van der Waals surface area contributed by atoms with Crippen LogP contribution in [0, 0.1) is 5.92 Å². The summed E-state index contributed by atoms with van der Waals surface area (Å²) in [5.41, 5.74) is 4.58. The van der Waals surface area contributed by atoms with E-state index in [1.54, 1.807) is 0 Å². The fraction of sp³-hybridized carbons (Fsp3) is 0.833. The zero-order valence-corrected chi connectivity index (χ0v) is 6.65. The molecule has 3 N–H and O–H groups in total. The third kappa shape index (κ3) is 1.25. The summed E-state index contributed by atoms with van der Waals surface area (Å²) in [6, 6.07) is 0. The van der Waals surface area contributed by atoms with Gasteiger partial charge in [-0.1, -0.05) is 13.3 Å². The maximum atomic E-state index is 10.3. The molecule has 0 bridgehead atoms. The second-order valence-electron chi connectivity index (χ2n) is 2.65. The first kappa shape index (κ1) is 9.72. The Labute approximate surface area is 66.0 Å². The minimum atomic E-state index is -0.866. The highest BCUT2D eigenvalue weighted by Crippen LogP contribution is 2.43. The summed E-state index contributed by atoms with van der Waals surface area (Å²) in [5, 5.41) is 8.49. The molecule has 1 saturated carbocycles. The van der Waals surface area contributed by atoms with Crippen LogP contribution < -0.4 is 5.73 Å². The molecule has 1 rings (SSSR count). The number of carboxylic acids is 1. The Bertz CT molecular complexity index is 151. The van der Waals surface area contributed by atoms with E-state index in [1.165, 1.54) is 0 Å². The van der Waals surface area contributed by atoms with Crippen LogP contribution in [0.2, 0.25) is 0 Å². The molecule has 0 aromatic rings. The van der Waals surface area contributed by atoms with Crippen molar-refractivity contribution >= 4 is 18.4 Å². The van der Waals surface area contributed by atoms with Crippen molar-refractivity contribution < 1.29 is 9.90 Å². The third-order valence-electron chi connectivity index (χ3n) is 2.04. The molecule has 0 amide bonds. The van der Waals surface area contributed by atoms with Crippen molar-refractivity contribution in [1.82, 2.24) is 0 Å². The quantitative estimate of drug-likeness (QED) is 0.631. The Hall–Kier alpha value is -0.280. The van der Waals surface area contributed by atoms with Crippen LogP contribution in [0.1, 0.15) is 19.8 Å². The second-order valence-corrected chi connectivity index (χ2v) is 2.65. The molecule has 0 radical (unpaired) electrons. The van der Waals surface area contributed by atoms with Gasteiger partial charge in [-0.2, -0.15) is 0 Å². The number of aliphatic carboxylic acids is 1. The van der Waals surface area contributed by atoms with Gasteiger partial charge in [-0.15, -0.1) is 12.4 Å². The van der Waals surface area contributed by atoms with Crippen molar-refractivity contribution in [2.24, 2.45) is 11.7 Å². The first-order chi connectivity index (χ1) is 4.11. The monoisotopic (exact) mass is 165 g/mol. The molecule has 0 heterocycles. The molecule has 0 unspecified atom stereocenters. The molecule has 60 valence electrons.